The molecule has 0 bridgehead atoms. The monoisotopic (exact) mass is 176 g/mol. The highest BCUT2D eigenvalue weighted by Crippen LogP contribution is 2.22. The fourth-order valence-electron chi connectivity index (χ4n) is 1.85. The van der Waals surface area contributed by atoms with Gasteiger partial charge in [0.2, 0.25) is 0 Å². The van der Waals surface area contributed by atoms with Gasteiger partial charge >= 0.3 is 1.43 Å². The van der Waals surface area contributed by atoms with Crippen LogP contribution in [-0.2, 0) is 13.1 Å². The molecule has 1 aromatic rings. The molecule has 2 nitrogen and oxygen atoms in total. The quantitative estimate of drug-likeness (QED) is 0.686. The summed E-state index contributed by atoms with van der Waals surface area (Å²) in [5.74, 6) is 1.47. The normalized spacial score (nSPS) is 16.5. The van der Waals surface area contributed by atoms with Gasteiger partial charge in [0.15, 0.2) is 0 Å². The summed E-state index contributed by atoms with van der Waals surface area (Å²) in [6, 6.07) is 2.13. The minimum Gasteiger partial charge on any atom is -0.294 e. The number of hydrogen-bond acceptors (Lipinski definition) is 2. The highest BCUT2D eigenvalue weighted by atomic mass is 15.1. The van der Waals surface area contributed by atoms with Crippen molar-refractivity contribution in [3.05, 3.63) is 35.5 Å². The summed E-state index contributed by atoms with van der Waals surface area (Å²) < 4.78 is 0. The second-order valence-corrected chi connectivity index (χ2v) is 4.00. The minimum atomic E-state index is 0. The van der Waals surface area contributed by atoms with Crippen LogP contribution >= 0.6 is 0 Å². The topological polar surface area (TPSA) is 16.1 Å². The average molecular weight is 176 g/mol. The van der Waals surface area contributed by atoms with Gasteiger partial charge in [0.1, 0.15) is 0 Å². The first-order valence-electron chi connectivity index (χ1n) is 4.69. The van der Waals surface area contributed by atoms with Crippen LogP contribution < -0.4 is 0 Å². The largest absolute Gasteiger partial charge is 1.00 e. The molecule has 0 aromatic carbocycles. The third-order valence-electron chi connectivity index (χ3n) is 2.33. The van der Waals surface area contributed by atoms with Crippen LogP contribution in [0.1, 0.15) is 26.4 Å². The lowest BCUT2D eigenvalue weighted by atomic mass is 10.2. The van der Waals surface area contributed by atoms with Crippen LogP contribution in [0.15, 0.2) is 18.5 Å². The average Bonchev–Trinajstić information content (AvgIpc) is 2.44. The van der Waals surface area contributed by atoms with Crippen molar-refractivity contribution >= 4 is 0 Å². The third kappa shape index (κ3) is 1.89. The lowest BCUT2D eigenvalue weighted by Crippen LogP contribution is -2.20. The van der Waals surface area contributed by atoms with Gasteiger partial charge in [-0.3, -0.25) is 9.88 Å². The van der Waals surface area contributed by atoms with Crippen molar-refractivity contribution in [2.24, 2.45) is 0 Å². The van der Waals surface area contributed by atoms with Crippen molar-refractivity contribution in [1.82, 2.24) is 9.88 Å². The van der Waals surface area contributed by atoms with Gasteiger partial charge in [-0.15, -0.1) is 0 Å². The Balaban J connectivity index is 0.000000980. The molecule has 13 heavy (non-hydrogen) atoms. The van der Waals surface area contributed by atoms with E-state index in [1.807, 2.05) is 12.4 Å². The molecule has 1 aliphatic heterocycles. The minimum absolute atomic E-state index is 0. The molecule has 0 atom stereocenters. The smallest absolute Gasteiger partial charge is 0.294 e. The molecular weight excluding hydrogens is 160 g/mol. The Morgan fingerprint density at radius 1 is 1.46 bits per heavy atom. The summed E-state index contributed by atoms with van der Waals surface area (Å²) in [5, 5.41) is 0. The van der Waals surface area contributed by atoms with Gasteiger partial charge in [-0.05, 0) is 23.1 Å². The molecule has 0 saturated carbocycles. The number of fused-ring (bicyclic) bond motifs is 1. The maximum absolute atomic E-state index is 4.14. The SMILES string of the molecule is C[C](C)CN1Cc2ccncc2C1.[H+]. The van der Waals surface area contributed by atoms with Gasteiger partial charge in [0.05, 0.1) is 0 Å². The summed E-state index contributed by atoms with van der Waals surface area (Å²) in [7, 11) is 0. The van der Waals surface area contributed by atoms with Crippen LogP contribution in [0.2, 0.25) is 0 Å². The fourth-order valence-corrected chi connectivity index (χ4v) is 1.85. The van der Waals surface area contributed by atoms with Gasteiger partial charge in [-0.2, -0.15) is 0 Å². The first-order chi connectivity index (χ1) is 6.25. The van der Waals surface area contributed by atoms with E-state index in [1.165, 1.54) is 17.0 Å². The van der Waals surface area contributed by atoms with Crippen molar-refractivity contribution in [3.63, 3.8) is 0 Å². The molecule has 1 aliphatic rings. The molecule has 0 aliphatic carbocycles. The van der Waals surface area contributed by atoms with E-state index in [2.05, 4.69) is 29.8 Å². The molecule has 2 rings (SSSR count). The Labute approximate surface area is 81.1 Å². The lowest BCUT2D eigenvalue weighted by molar-refractivity contribution is 0.296. The van der Waals surface area contributed by atoms with Gasteiger partial charge < -0.3 is 0 Å². The molecule has 69 valence electrons. The van der Waals surface area contributed by atoms with Gasteiger partial charge in [-0.1, -0.05) is 13.8 Å². The summed E-state index contributed by atoms with van der Waals surface area (Å²) in [4.78, 5) is 6.58. The summed E-state index contributed by atoms with van der Waals surface area (Å²) >= 11 is 0. The van der Waals surface area contributed by atoms with E-state index in [0.29, 0.717) is 0 Å². The van der Waals surface area contributed by atoms with Gasteiger partial charge in [0.25, 0.3) is 0 Å². The van der Waals surface area contributed by atoms with Gasteiger partial charge in [0, 0.05) is 32.0 Å². The summed E-state index contributed by atoms with van der Waals surface area (Å²) in [6.45, 7) is 7.62. The second-order valence-electron chi connectivity index (χ2n) is 4.00. The summed E-state index contributed by atoms with van der Waals surface area (Å²) in [5.41, 5.74) is 2.83. The molecule has 2 heteroatoms. The van der Waals surface area contributed by atoms with E-state index < -0.39 is 0 Å². The van der Waals surface area contributed by atoms with Gasteiger partial charge in [-0.25, -0.2) is 0 Å². The molecule has 1 radical (unpaired) electrons. The van der Waals surface area contributed by atoms with E-state index in [4.69, 9.17) is 0 Å². The molecule has 0 fully saturated rings. The van der Waals surface area contributed by atoms with Crippen molar-refractivity contribution in [2.75, 3.05) is 6.54 Å². The van der Waals surface area contributed by atoms with Crippen molar-refractivity contribution in [2.45, 2.75) is 26.9 Å². The molecule has 0 unspecified atom stereocenters. The number of rotatable bonds is 2. The molecule has 0 spiro atoms. The van der Waals surface area contributed by atoms with E-state index in [0.717, 1.165) is 19.6 Å². The van der Waals surface area contributed by atoms with Crippen LogP contribution in [-0.4, -0.2) is 16.4 Å². The van der Waals surface area contributed by atoms with Crippen LogP contribution in [0.4, 0.5) is 0 Å². The maximum atomic E-state index is 4.14. The molecule has 2 heterocycles. The number of nitrogens with zero attached hydrogens (tertiary/aromatic N) is 2. The van der Waals surface area contributed by atoms with E-state index >= 15 is 0 Å². The first kappa shape index (κ1) is 8.70. The predicted molar refractivity (Wildman–Crippen MR) is 54.1 cm³/mol. The van der Waals surface area contributed by atoms with Crippen LogP contribution in [0.5, 0.6) is 0 Å². The zero-order chi connectivity index (χ0) is 9.26. The number of hydrogen-bond donors (Lipinski definition) is 0. The van der Waals surface area contributed by atoms with Crippen molar-refractivity contribution < 1.29 is 1.43 Å². The Bertz CT molecular complexity index is 274. The highest BCUT2D eigenvalue weighted by Gasteiger charge is 2.18. The van der Waals surface area contributed by atoms with Crippen LogP contribution in [0.3, 0.4) is 0 Å². The fraction of sp³-hybridized carbons (Fsp3) is 0.455. The van der Waals surface area contributed by atoms with Crippen molar-refractivity contribution in [1.29, 1.82) is 0 Å². The van der Waals surface area contributed by atoms with E-state index in [-0.39, 0.29) is 1.43 Å². The van der Waals surface area contributed by atoms with Crippen molar-refractivity contribution in [3.8, 4) is 0 Å². The summed E-state index contributed by atoms with van der Waals surface area (Å²) in [6.07, 6.45) is 3.87. The standard InChI is InChI=1S/C11H15N2/c1-9(2)6-13-7-10-3-4-12-5-11(10)8-13/h3-5H,6-8H2,1-2H3/p+1. The number of aromatic nitrogens is 1. The Hall–Kier alpha value is -0.890. The van der Waals surface area contributed by atoms with E-state index in [1.54, 1.807) is 0 Å². The predicted octanol–water partition coefficient (Wildman–Crippen LogP) is 2.12. The Morgan fingerprint density at radius 3 is 2.92 bits per heavy atom. The number of pyridine rings is 1. The van der Waals surface area contributed by atoms with Crippen LogP contribution in [0.25, 0.3) is 0 Å². The highest BCUT2D eigenvalue weighted by molar-refractivity contribution is 5.26. The zero-order valence-corrected chi connectivity index (χ0v) is 8.25. The van der Waals surface area contributed by atoms with Crippen LogP contribution in [0, 0.1) is 5.92 Å². The molecule has 1 aromatic heterocycles. The first-order valence-corrected chi connectivity index (χ1v) is 4.69. The second kappa shape index (κ2) is 3.46. The zero-order valence-electron chi connectivity index (χ0n) is 9.25. The lowest BCUT2D eigenvalue weighted by Gasteiger charge is -2.16. The Morgan fingerprint density at radius 2 is 2.23 bits per heavy atom. The molecule has 0 amide bonds. The molecule has 0 N–H and O–H groups in total. The third-order valence-corrected chi connectivity index (χ3v) is 2.33. The molecular formula is C11H16N2+. The molecule has 0 saturated heterocycles. The maximum Gasteiger partial charge on any atom is 1.00 e. The van der Waals surface area contributed by atoms with E-state index in [9.17, 15) is 0 Å². The Kier molecular flexibility index (Phi) is 2.32.